The molecule has 2 fully saturated rings. The lowest BCUT2D eigenvalue weighted by Gasteiger charge is -2.50. The van der Waals surface area contributed by atoms with Crippen molar-refractivity contribution in [2.24, 2.45) is 12.5 Å². The molecule has 7 nitrogen and oxygen atoms in total. The average Bonchev–Trinajstić information content (AvgIpc) is 2.95. The van der Waals surface area contributed by atoms with E-state index in [9.17, 15) is 5.11 Å². The predicted octanol–water partition coefficient (Wildman–Crippen LogP) is 1.15. The molecule has 134 valence electrons. The molecule has 9 heteroatoms. The van der Waals surface area contributed by atoms with E-state index < -0.39 is 0 Å². The van der Waals surface area contributed by atoms with Gasteiger partial charge in [-0.2, -0.15) is 4.98 Å². The van der Waals surface area contributed by atoms with Gasteiger partial charge in [0.2, 0.25) is 5.95 Å². The van der Waals surface area contributed by atoms with Crippen LogP contribution in [0.3, 0.4) is 0 Å². The average molecular weight is 375 g/mol. The van der Waals surface area contributed by atoms with E-state index in [4.69, 9.17) is 0 Å². The largest absolute Gasteiger partial charge is 0.396 e. The molecule has 2 atom stereocenters. The Morgan fingerprint density at radius 3 is 2.96 bits per heavy atom. The summed E-state index contributed by atoms with van der Waals surface area (Å²) in [7, 11) is 1.95. The summed E-state index contributed by atoms with van der Waals surface area (Å²) in [6, 6.07) is 0.308. The van der Waals surface area contributed by atoms with Gasteiger partial charge in [-0.05, 0) is 25.8 Å². The van der Waals surface area contributed by atoms with Crippen LogP contribution in [-0.4, -0.2) is 56.9 Å². The Morgan fingerprint density at radius 1 is 1.33 bits per heavy atom. The van der Waals surface area contributed by atoms with E-state index in [1.54, 1.807) is 6.33 Å². The molecule has 2 aromatic heterocycles. The van der Waals surface area contributed by atoms with Gasteiger partial charge in [0.05, 0.1) is 19.1 Å². The first-order chi connectivity index (χ1) is 10.7. The number of fused-ring (bicyclic) bond motifs is 2. The Balaban J connectivity index is 0.00000104. The molecule has 2 aliphatic heterocycles. The topological polar surface area (TPSA) is 79.1 Å². The standard InChI is InChI=1S/C15H22N6O.2ClH/c1-20-10-18-13-11(20)7-17-14(19-13)21-6-4-15(9-22)3-2-5-16-12(15)8-21;;/h7,10,12,16,22H,2-6,8-9H2,1H3;2*1H/t12-,15-;;/m1../s1. The van der Waals surface area contributed by atoms with Gasteiger partial charge in [0.25, 0.3) is 0 Å². The number of nitrogens with zero attached hydrogens (tertiary/aromatic N) is 5. The van der Waals surface area contributed by atoms with Gasteiger partial charge in [0.1, 0.15) is 5.52 Å². The highest BCUT2D eigenvalue weighted by molar-refractivity contribution is 5.85. The second kappa shape index (κ2) is 7.39. The summed E-state index contributed by atoms with van der Waals surface area (Å²) < 4.78 is 1.93. The number of aliphatic hydroxyl groups is 1. The number of nitrogens with one attached hydrogen (secondary N) is 1. The monoisotopic (exact) mass is 374 g/mol. The summed E-state index contributed by atoms with van der Waals surface area (Å²) >= 11 is 0. The van der Waals surface area contributed by atoms with Crippen molar-refractivity contribution in [2.75, 3.05) is 31.1 Å². The maximum Gasteiger partial charge on any atom is 0.227 e. The Labute approximate surface area is 153 Å². The molecule has 4 rings (SSSR count). The minimum atomic E-state index is 0. The highest BCUT2D eigenvalue weighted by Crippen LogP contribution is 2.38. The molecule has 4 heterocycles. The number of aliphatic hydroxyl groups excluding tert-OH is 1. The van der Waals surface area contributed by atoms with Gasteiger partial charge in [-0.1, -0.05) is 0 Å². The molecular weight excluding hydrogens is 351 g/mol. The minimum Gasteiger partial charge on any atom is -0.396 e. The van der Waals surface area contributed by atoms with E-state index in [0.717, 1.165) is 56.0 Å². The zero-order valence-corrected chi connectivity index (χ0v) is 15.3. The van der Waals surface area contributed by atoms with Crippen molar-refractivity contribution >= 4 is 41.9 Å². The summed E-state index contributed by atoms with van der Waals surface area (Å²) in [4.78, 5) is 15.6. The van der Waals surface area contributed by atoms with E-state index in [1.165, 1.54) is 0 Å². The molecule has 2 aliphatic rings. The van der Waals surface area contributed by atoms with Crippen LogP contribution in [-0.2, 0) is 7.05 Å². The zero-order valence-electron chi connectivity index (χ0n) is 13.7. The van der Waals surface area contributed by atoms with Crippen molar-refractivity contribution in [3.8, 4) is 0 Å². The summed E-state index contributed by atoms with van der Waals surface area (Å²) in [6.07, 6.45) is 6.83. The SMILES string of the molecule is Cl.Cl.Cn1cnc2nc(N3CC[C@@]4(CO)CCCN[C@@H]4C3)ncc21. The maximum atomic E-state index is 9.88. The first kappa shape index (κ1) is 19.2. The van der Waals surface area contributed by atoms with Gasteiger partial charge < -0.3 is 19.9 Å². The summed E-state index contributed by atoms with van der Waals surface area (Å²) in [5.41, 5.74) is 1.72. The predicted molar refractivity (Wildman–Crippen MR) is 98.2 cm³/mol. The molecule has 0 unspecified atom stereocenters. The lowest BCUT2D eigenvalue weighted by atomic mass is 9.70. The van der Waals surface area contributed by atoms with Crippen molar-refractivity contribution in [2.45, 2.75) is 25.3 Å². The van der Waals surface area contributed by atoms with Crippen LogP contribution in [0.5, 0.6) is 0 Å². The van der Waals surface area contributed by atoms with Crippen LogP contribution >= 0.6 is 24.8 Å². The number of aromatic nitrogens is 4. The quantitative estimate of drug-likeness (QED) is 0.820. The van der Waals surface area contributed by atoms with Gasteiger partial charge in [-0.25, -0.2) is 9.97 Å². The van der Waals surface area contributed by atoms with Crippen molar-refractivity contribution in [3.63, 3.8) is 0 Å². The zero-order chi connectivity index (χ0) is 15.2. The van der Waals surface area contributed by atoms with Crippen LogP contribution < -0.4 is 10.2 Å². The molecule has 0 radical (unpaired) electrons. The van der Waals surface area contributed by atoms with Crippen molar-refractivity contribution in [3.05, 3.63) is 12.5 Å². The molecule has 2 saturated heterocycles. The number of rotatable bonds is 2. The van der Waals surface area contributed by atoms with Crippen molar-refractivity contribution in [1.82, 2.24) is 24.8 Å². The van der Waals surface area contributed by atoms with Crippen LogP contribution in [0, 0.1) is 5.41 Å². The second-order valence-corrected chi connectivity index (χ2v) is 6.56. The van der Waals surface area contributed by atoms with E-state index in [-0.39, 0.29) is 36.8 Å². The van der Waals surface area contributed by atoms with Crippen LogP contribution in [0.1, 0.15) is 19.3 Å². The Bertz CT molecular complexity index is 696. The van der Waals surface area contributed by atoms with E-state index in [1.807, 2.05) is 17.8 Å². The van der Waals surface area contributed by atoms with Crippen molar-refractivity contribution < 1.29 is 5.11 Å². The highest BCUT2D eigenvalue weighted by atomic mass is 35.5. The fraction of sp³-hybridized carbons (Fsp3) is 0.667. The Morgan fingerprint density at radius 2 is 2.17 bits per heavy atom. The fourth-order valence-electron chi connectivity index (χ4n) is 3.84. The third-order valence-corrected chi connectivity index (χ3v) is 5.33. The summed E-state index contributed by atoms with van der Waals surface area (Å²) in [6.45, 7) is 3.02. The number of hydrogen-bond acceptors (Lipinski definition) is 6. The molecule has 0 aromatic carbocycles. The minimum absolute atomic E-state index is 0. The molecule has 0 aliphatic carbocycles. The third-order valence-electron chi connectivity index (χ3n) is 5.33. The number of aryl methyl sites for hydroxylation is 1. The number of halogens is 2. The Hall–Kier alpha value is -1.15. The number of hydrogen-bond donors (Lipinski definition) is 2. The van der Waals surface area contributed by atoms with Crippen LogP contribution in [0.15, 0.2) is 12.5 Å². The second-order valence-electron chi connectivity index (χ2n) is 6.56. The van der Waals surface area contributed by atoms with Crippen LogP contribution in [0.2, 0.25) is 0 Å². The molecular formula is C15H24Cl2N6O. The van der Waals surface area contributed by atoms with E-state index in [0.29, 0.717) is 6.04 Å². The normalized spacial score (nSPS) is 26.4. The summed E-state index contributed by atoms with van der Waals surface area (Å²) in [5, 5.41) is 13.5. The van der Waals surface area contributed by atoms with Crippen LogP contribution in [0.25, 0.3) is 11.2 Å². The molecule has 24 heavy (non-hydrogen) atoms. The van der Waals surface area contributed by atoms with Crippen LogP contribution in [0.4, 0.5) is 5.95 Å². The number of anilines is 1. The lowest BCUT2D eigenvalue weighted by Crippen LogP contribution is -2.61. The first-order valence-electron chi connectivity index (χ1n) is 7.95. The van der Waals surface area contributed by atoms with Gasteiger partial charge in [0, 0.05) is 31.6 Å². The highest BCUT2D eigenvalue weighted by Gasteiger charge is 2.44. The molecule has 0 spiro atoms. The molecule has 2 N–H and O–H groups in total. The van der Waals surface area contributed by atoms with E-state index in [2.05, 4.69) is 25.2 Å². The molecule has 0 bridgehead atoms. The number of imidazole rings is 1. The summed E-state index contributed by atoms with van der Waals surface area (Å²) in [5.74, 6) is 0.741. The third kappa shape index (κ3) is 3.06. The lowest BCUT2D eigenvalue weighted by molar-refractivity contribution is 0.0336. The van der Waals surface area contributed by atoms with Gasteiger partial charge >= 0.3 is 0 Å². The van der Waals surface area contributed by atoms with Gasteiger partial charge in [-0.15, -0.1) is 24.8 Å². The maximum absolute atomic E-state index is 9.88. The number of piperidine rings is 2. The Kier molecular flexibility index (Phi) is 5.91. The van der Waals surface area contributed by atoms with Gasteiger partial charge in [0.15, 0.2) is 5.65 Å². The van der Waals surface area contributed by atoms with Crippen molar-refractivity contribution in [1.29, 1.82) is 0 Å². The van der Waals surface area contributed by atoms with Gasteiger partial charge in [-0.3, -0.25) is 0 Å². The molecule has 0 amide bonds. The first-order valence-corrected chi connectivity index (χ1v) is 7.95. The smallest absolute Gasteiger partial charge is 0.227 e. The van der Waals surface area contributed by atoms with E-state index >= 15 is 0 Å². The molecule has 0 saturated carbocycles. The molecule has 2 aromatic rings. The fourth-order valence-corrected chi connectivity index (χ4v) is 3.84.